The first-order valence-corrected chi connectivity index (χ1v) is 7.08. The monoisotopic (exact) mass is 378 g/mol. The van der Waals surface area contributed by atoms with Gasteiger partial charge in [0.05, 0.1) is 4.83 Å². The van der Waals surface area contributed by atoms with Crippen molar-refractivity contribution in [1.82, 2.24) is 0 Å². The summed E-state index contributed by atoms with van der Waals surface area (Å²) in [6.07, 6.45) is 2.99. The molecule has 2 rings (SSSR count). The van der Waals surface area contributed by atoms with Crippen LogP contribution < -0.4 is 0 Å². The molecule has 0 N–H and O–H groups in total. The normalized spacial score (nSPS) is 17.5. The molecule has 1 fully saturated rings. The lowest BCUT2D eigenvalue weighted by Crippen LogP contribution is -2.18. The van der Waals surface area contributed by atoms with Crippen molar-refractivity contribution in [2.45, 2.75) is 24.1 Å². The van der Waals surface area contributed by atoms with Gasteiger partial charge in [0.25, 0.3) is 0 Å². The molecule has 80 valence electrons. The van der Waals surface area contributed by atoms with Crippen molar-refractivity contribution in [2.75, 3.05) is 0 Å². The minimum absolute atomic E-state index is 0.00296. The van der Waals surface area contributed by atoms with E-state index in [1.807, 2.05) is 6.07 Å². The standard InChI is InChI=1S/C12H12BrIO/c13-11(12(15)9-4-5-9)7-8-2-1-3-10(14)6-8/h1-3,6,9,11H,4-5,7H2. The number of rotatable bonds is 4. The van der Waals surface area contributed by atoms with E-state index in [0.29, 0.717) is 11.7 Å². The van der Waals surface area contributed by atoms with Gasteiger partial charge < -0.3 is 0 Å². The van der Waals surface area contributed by atoms with Crippen molar-refractivity contribution in [3.8, 4) is 0 Å². The molecule has 1 aliphatic carbocycles. The molecule has 0 bridgehead atoms. The van der Waals surface area contributed by atoms with Gasteiger partial charge in [0, 0.05) is 9.49 Å². The Morgan fingerprint density at radius 3 is 2.87 bits per heavy atom. The molecule has 1 aromatic rings. The summed E-state index contributed by atoms with van der Waals surface area (Å²) in [6, 6.07) is 8.32. The Hall–Kier alpha value is 0.100. The fourth-order valence-electron chi connectivity index (χ4n) is 1.60. The molecular formula is C12H12BrIO. The molecule has 1 unspecified atom stereocenters. The molecule has 15 heavy (non-hydrogen) atoms. The number of ketones is 1. The van der Waals surface area contributed by atoms with E-state index >= 15 is 0 Å². The van der Waals surface area contributed by atoms with Crippen LogP contribution in [0.2, 0.25) is 0 Å². The van der Waals surface area contributed by atoms with E-state index in [-0.39, 0.29) is 4.83 Å². The smallest absolute Gasteiger partial charge is 0.149 e. The SMILES string of the molecule is O=C(C(Br)Cc1cccc(I)c1)C1CC1. The van der Waals surface area contributed by atoms with Gasteiger partial charge in [-0.05, 0) is 59.5 Å². The highest BCUT2D eigenvalue weighted by Gasteiger charge is 2.33. The quantitative estimate of drug-likeness (QED) is 0.578. The highest BCUT2D eigenvalue weighted by Crippen LogP contribution is 2.33. The zero-order valence-corrected chi connectivity index (χ0v) is 12.0. The van der Waals surface area contributed by atoms with Crippen molar-refractivity contribution in [3.63, 3.8) is 0 Å². The Morgan fingerprint density at radius 2 is 2.27 bits per heavy atom. The highest BCUT2D eigenvalue weighted by molar-refractivity contribution is 14.1. The Morgan fingerprint density at radius 1 is 1.53 bits per heavy atom. The minimum atomic E-state index is 0.00296. The maximum atomic E-state index is 11.7. The predicted molar refractivity (Wildman–Crippen MR) is 73.3 cm³/mol. The van der Waals surface area contributed by atoms with E-state index in [1.165, 1.54) is 9.13 Å². The average Bonchev–Trinajstić information content (AvgIpc) is 2.99. The van der Waals surface area contributed by atoms with Gasteiger partial charge in [-0.25, -0.2) is 0 Å². The first-order chi connectivity index (χ1) is 7.16. The molecule has 0 heterocycles. The fraction of sp³-hybridized carbons (Fsp3) is 0.417. The maximum Gasteiger partial charge on any atom is 0.149 e. The number of alkyl halides is 1. The van der Waals surface area contributed by atoms with Crippen LogP contribution in [0.1, 0.15) is 18.4 Å². The van der Waals surface area contributed by atoms with Crippen LogP contribution in [0.25, 0.3) is 0 Å². The van der Waals surface area contributed by atoms with Crippen LogP contribution in [0.4, 0.5) is 0 Å². The van der Waals surface area contributed by atoms with Crippen LogP contribution >= 0.6 is 38.5 Å². The third-order valence-corrected chi connectivity index (χ3v) is 4.04. The number of halogens is 2. The van der Waals surface area contributed by atoms with Gasteiger partial charge in [0.2, 0.25) is 0 Å². The number of hydrogen-bond donors (Lipinski definition) is 0. The van der Waals surface area contributed by atoms with Gasteiger partial charge in [-0.1, -0.05) is 28.1 Å². The van der Waals surface area contributed by atoms with E-state index in [4.69, 9.17) is 0 Å². The highest BCUT2D eigenvalue weighted by atomic mass is 127. The van der Waals surface area contributed by atoms with E-state index in [1.54, 1.807) is 0 Å². The number of carbonyl (C=O) groups excluding carboxylic acids is 1. The molecule has 1 aromatic carbocycles. The molecule has 3 heteroatoms. The zero-order chi connectivity index (χ0) is 10.8. The molecule has 1 nitrogen and oxygen atoms in total. The van der Waals surface area contributed by atoms with Gasteiger partial charge in [-0.15, -0.1) is 0 Å². The minimum Gasteiger partial charge on any atom is -0.298 e. The van der Waals surface area contributed by atoms with Crippen molar-refractivity contribution < 1.29 is 4.79 Å². The van der Waals surface area contributed by atoms with Gasteiger partial charge in [0.15, 0.2) is 0 Å². The fourth-order valence-corrected chi connectivity index (χ4v) is 2.95. The number of Topliss-reactive ketones (excluding diaryl/α,β-unsaturated/α-hetero) is 1. The second kappa shape index (κ2) is 4.95. The lowest BCUT2D eigenvalue weighted by atomic mass is 10.1. The van der Waals surface area contributed by atoms with Crippen LogP contribution in [-0.2, 0) is 11.2 Å². The zero-order valence-electron chi connectivity index (χ0n) is 8.25. The Balaban J connectivity index is 1.98. The largest absolute Gasteiger partial charge is 0.298 e. The first-order valence-electron chi connectivity index (χ1n) is 5.09. The second-order valence-electron chi connectivity index (χ2n) is 3.98. The van der Waals surface area contributed by atoms with E-state index in [9.17, 15) is 4.79 Å². The van der Waals surface area contributed by atoms with Crippen molar-refractivity contribution in [2.24, 2.45) is 5.92 Å². The van der Waals surface area contributed by atoms with E-state index in [0.717, 1.165) is 19.3 Å². The summed E-state index contributed by atoms with van der Waals surface area (Å²) in [4.78, 5) is 11.7. The third-order valence-electron chi connectivity index (χ3n) is 2.59. The van der Waals surface area contributed by atoms with Crippen LogP contribution in [0.15, 0.2) is 24.3 Å². The third kappa shape index (κ3) is 3.28. The summed E-state index contributed by atoms with van der Waals surface area (Å²) in [5.74, 6) is 0.728. The van der Waals surface area contributed by atoms with Crippen molar-refractivity contribution >= 4 is 44.3 Å². The summed E-state index contributed by atoms with van der Waals surface area (Å²) >= 11 is 5.79. The molecule has 0 aliphatic heterocycles. The topological polar surface area (TPSA) is 17.1 Å². The number of carbonyl (C=O) groups is 1. The number of hydrogen-bond acceptors (Lipinski definition) is 1. The predicted octanol–water partition coefficient (Wildman–Crippen LogP) is 3.58. The molecule has 1 saturated carbocycles. The molecular weight excluding hydrogens is 367 g/mol. The Labute approximate surface area is 112 Å². The number of benzene rings is 1. The first kappa shape index (κ1) is 11.6. The lowest BCUT2D eigenvalue weighted by molar-refractivity contribution is -0.119. The molecule has 1 atom stereocenters. The Bertz CT molecular complexity index is 374. The molecule has 0 aromatic heterocycles. The van der Waals surface area contributed by atoms with Crippen LogP contribution in [0.3, 0.4) is 0 Å². The molecule has 0 spiro atoms. The van der Waals surface area contributed by atoms with Gasteiger partial charge >= 0.3 is 0 Å². The summed E-state index contributed by atoms with van der Waals surface area (Å²) < 4.78 is 1.23. The second-order valence-corrected chi connectivity index (χ2v) is 6.33. The van der Waals surface area contributed by atoms with Gasteiger partial charge in [-0.3, -0.25) is 4.79 Å². The van der Waals surface area contributed by atoms with E-state index in [2.05, 4.69) is 56.7 Å². The summed E-state index contributed by atoms with van der Waals surface area (Å²) in [6.45, 7) is 0. The Kier molecular flexibility index (Phi) is 3.83. The lowest BCUT2D eigenvalue weighted by Gasteiger charge is -2.08. The molecule has 1 aliphatic rings. The molecule has 0 saturated heterocycles. The van der Waals surface area contributed by atoms with Gasteiger partial charge in [-0.2, -0.15) is 0 Å². The van der Waals surface area contributed by atoms with Crippen molar-refractivity contribution in [1.29, 1.82) is 0 Å². The van der Waals surface area contributed by atoms with Crippen molar-refractivity contribution in [3.05, 3.63) is 33.4 Å². The maximum absolute atomic E-state index is 11.7. The molecule has 0 amide bonds. The summed E-state index contributed by atoms with van der Waals surface area (Å²) in [5, 5.41) is 0. The van der Waals surface area contributed by atoms with Crippen LogP contribution in [0, 0.1) is 9.49 Å². The van der Waals surface area contributed by atoms with E-state index < -0.39 is 0 Å². The molecule has 0 radical (unpaired) electrons. The average molecular weight is 379 g/mol. The summed E-state index contributed by atoms with van der Waals surface area (Å²) in [5.41, 5.74) is 1.23. The van der Waals surface area contributed by atoms with Crippen LogP contribution in [-0.4, -0.2) is 10.6 Å². The van der Waals surface area contributed by atoms with Crippen LogP contribution in [0.5, 0.6) is 0 Å². The van der Waals surface area contributed by atoms with Gasteiger partial charge in [0.1, 0.15) is 5.78 Å². The summed E-state index contributed by atoms with van der Waals surface area (Å²) in [7, 11) is 0.